The summed E-state index contributed by atoms with van der Waals surface area (Å²) in [5.41, 5.74) is -1.06. The van der Waals surface area contributed by atoms with Gasteiger partial charge in [0.05, 0.1) is 12.2 Å². The second-order valence-corrected chi connectivity index (χ2v) is 5.49. The Labute approximate surface area is 133 Å². The van der Waals surface area contributed by atoms with Crippen LogP contribution in [0.3, 0.4) is 0 Å². The molecule has 124 valence electrons. The first-order chi connectivity index (χ1) is 10.8. The Morgan fingerprint density at radius 3 is 2.70 bits per heavy atom. The summed E-state index contributed by atoms with van der Waals surface area (Å²) in [7, 11) is 0. The number of nitrogens with one attached hydrogen (secondary N) is 1. The minimum Gasteiger partial charge on any atom is -0.492 e. The maximum absolute atomic E-state index is 13.3. The van der Waals surface area contributed by atoms with Crippen molar-refractivity contribution in [2.24, 2.45) is 0 Å². The summed E-state index contributed by atoms with van der Waals surface area (Å²) in [6, 6.07) is 3.81. The quantitative estimate of drug-likeness (QED) is 0.822. The monoisotopic (exact) mass is 347 g/mol. The summed E-state index contributed by atoms with van der Waals surface area (Å²) in [6.45, 7) is 1.93. The predicted molar refractivity (Wildman–Crippen MR) is 78.1 cm³/mol. The van der Waals surface area contributed by atoms with Crippen LogP contribution in [0.4, 0.5) is 17.6 Å². The summed E-state index contributed by atoms with van der Waals surface area (Å²) in [4.78, 5) is 12.4. The number of carbonyl (C=O) groups excluding carboxylic acids is 1. The van der Waals surface area contributed by atoms with E-state index in [1.54, 1.807) is 18.4 Å². The van der Waals surface area contributed by atoms with Crippen LogP contribution in [0.15, 0.2) is 29.6 Å². The van der Waals surface area contributed by atoms with Gasteiger partial charge in [-0.05, 0) is 42.1 Å². The van der Waals surface area contributed by atoms with Crippen LogP contribution in [0.1, 0.15) is 27.7 Å². The molecule has 0 saturated carbocycles. The van der Waals surface area contributed by atoms with Crippen molar-refractivity contribution in [1.29, 1.82) is 0 Å². The normalized spacial score (nSPS) is 11.3. The van der Waals surface area contributed by atoms with Gasteiger partial charge in [-0.3, -0.25) is 4.79 Å². The SMILES string of the molecule is CCOc1ccsc1C(=O)NCc1cc(F)cc(C(F)(F)F)c1. The van der Waals surface area contributed by atoms with E-state index in [2.05, 4.69) is 5.32 Å². The summed E-state index contributed by atoms with van der Waals surface area (Å²) in [5, 5.41) is 4.13. The molecule has 1 heterocycles. The molecule has 3 nitrogen and oxygen atoms in total. The molecule has 0 aliphatic carbocycles. The van der Waals surface area contributed by atoms with Crippen molar-refractivity contribution >= 4 is 17.2 Å². The van der Waals surface area contributed by atoms with Gasteiger partial charge in [-0.2, -0.15) is 13.2 Å². The number of benzene rings is 1. The van der Waals surface area contributed by atoms with Crippen molar-refractivity contribution in [3.8, 4) is 5.75 Å². The Balaban J connectivity index is 2.10. The summed E-state index contributed by atoms with van der Waals surface area (Å²) < 4.78 is 56.5. The second kappa shape index (κ2) is 6.99. The first kappa shape index (κ1) is 17.3. The van der Waals surface area contributed by atoms with E-state index in [1.165, 1.54) is 0 Å². The highest BCUT2D eigenvalue weighted by Crippen LogP contribution is 2.30. The second-order valence-electron chi connectivity index (χ2n) is 4.58. The van der Waals surface area contributed by atoms with Crippen LogP contribution in [0, 0.1) is 5.82 Å². The first-order valence-electron chi connectivity index (χ1n) is 6.66. The van der Waals surface area contributed by atoms with Gasteiger partial charge in [-0.1, -0.05) is 0 Å². The third kappa shape index (κ3) is 4.44. The molecule has 0 spiro atoms. The van der Waals surface area contributed by atoms with E-state index in [0.29, 0.717) is 23.3 Å². The zero-order chi connectivity index (χ0) is 17.0. The average molecular weight is 347 g/mol. The maximum atomic E-state index is 13.3. The standard InChI is InChI=1S/C15H13F4NO2S/c1-2-22-12-3-4-23-13(12)14(21)20-8-9-5-10(15(17,18)19)7-11(16)6-9/h3-7H,2,8H2,1H3,(H,20,21). The zero-order valence-corrected chi connectivity index (χ0v) is 12.9. The molecule has 1 N–H and O–H groups in total. The number of rotatable bonds is 5. The van der Waals surface area contributed by atoms with Crippen LogP contribution < -0.4 is 10.1 Å². The molecular weight excluding hydrogens is 334 g/mol. The van der Waals surface area contributed by atoms with Crippen molar-refractivity contribution < 1.29 is 27.1 Å². The smallest absolute Gasteiger partial charge is 0.416 e. The molecule has 8 heteroatoms. The van der Waals surface area contributed by atoms with Crippen LogP contribution in [0.2, 0.25) is 0 Å². The summed E-state index contributed by atoms with van der Waals surface area (Å²) in [6.07, 6.45) is -4.64. The largest absolute Gasteiger partial charge is 0.492 e. The number of carbonyl (C=O) groups is 1. The van der Waals surface area contributed by atoms with Gasteiger partial charge in [0.2, 0.25) is 0 Å². The fraction of sp³-hybridized carbons (Fsp3) is 0.267. The molecule has 2 aromatic rings. The van der Waals surface area contributed by atoms with E-state index in [0.717, 1.165) is 23.5 Å². The number of ether oxygens (including phenoxy) is 1. The molecule has 23 heavy (non-hydrogen) atoms. The van der Waals surface area contributed by atoms with Gasteiger partial charge in [0, 0.05) is 6.54 Å². The minimum absolute atomic E-state index is 0.0280. The number of halogens is 4. The highest BCUT2D eigenvalue weighted by atomic mass is 32.1. The zero-order valence-electron chi connectivity index (χ0n) is 12.0. The predicted octanol–water partition coefficient (Wildman–Crippen LogP) is 4.23. The van der Waals surface area contributed by atoms with Crippen LogP contribution in [-0.2, 0) is 12.7 Å². The van der Waals surface area contributed by atoms with Crippen molar-refractivity contribution in [2.45, 2.75) is 19.6 Å². The van der Waals surface area contributed by atoms with Gasteiger partial charge < -0.3 is 10.1 Å². The van der Waals surface area contributed by atoms with E-state index >= 15 is 0 Å². The molecule has 0 aliphatic rings. The van der Waals surface area contributed by atoms with Crippen LogP contribution in [0.25, 0.3) is 0 Å². The fourth-order valence-electron chi connectivity index (χ4n) is 1.91. The molecule has 0 saturated heterocycles. The molecule has 0 aliphatic heterocycles. The number of hydrogen-bond acceptors (Lipinski definition) is 3. The molecule has 0 bridgehead atoms. The van der Waals surface area contributed by atoms with E-state index in [1.807, 2.05) is 0 Å². The Morgan fingerprint density at radius 1 is 1.30 bits per heavy atom. The van der Waals surface area contributed by atoms with Gasteiger partial charge in [0.1, 0.15) is 16.4 Å². The minimum atomic E-state index is -4.64. The molecular formula is C15H13F4NO2S. The third-order valence-corrected chi connectivity index (χ3v) is 3.77. The fourth-order valence-corrected chi connectivity index (χ4v) is 2.66. The average Bonchev–Trinajstić information content (AvgIpc) is 2.92. The molecule has 0 unspecified atom stereocenters. The van der Waals surface area contributed by atoms with Gasteiger partial charge in [-0.25, -0.2) is 4.39 Å². The van der Waals surface area contributed by atoms with Crippen molar-refractivity contribution in [3.63, 3.8) is 0 Å². The van der Waals surface area contributed by atoms with Gasteiger partial charge in [0.15, 0.2) is 0 Å². The van der Waals surface area contributed by atoms with Crippen molar-refractivity contribution in [2.75, 3.05) is 6.61 Å². The molecule has 0 atom stereocenters. The van der Waals surface area contributed by atoms with E-state index < -0.39 is 23.5 Å². The molecule has 0 radical (unpaired) electrons. The number of hydrogen-bond donors (Lipinski definition) is 1. The van der Waals surface area contributed by atoms with Crippen LogP contribution in [-0.4, -0.2) is 12.5 Å². The highest BCUT2D eigenvalue weighted by molar-refractivity contribution is 7.12. The first-order valence-corrected chi connectivity index (χ1v) is 7.54. The Kier molecular flexibility index (Phi) is 5.25. The molecule has 1 aromatic carbocycles. The third-order valence-electron chi connectivity index (χ3n) is 2.87. The molecule has 1 amide bonds. The number of amides is 1. The number of thiophene rings is 1. The van der Waals surface area contributed by atoms with Crippen molar-refractivity contribution in [1.82, 2.24) is 5.32 Å². The van der Waals surface area contributed by atoms with Gasteiger partial charge >= 0.3 is 6.18 Å². The van der Waals surface area contributed by atoms with Gasteiger partial charge in [-0.15, -0.1) is 11.3 Å². The number of alkyl halides is 3. The van der Waals surface area contributed by atoms with Gasteiger partial charge in [0.25, 0.3) is 5.91 Å². The lowest BCUT2D eigenvalue weighted by atomic mass is 10.1. The lowest BCUT2D eigenvalue weighted by Crippen LogP contribution is -2.22. The lowest BCUT2D eigenvalue weighted by Gasteiger charge is -2.10. The Hall–Kier alpha value is -2.09. The van der Waals surface area contributed by atoms with Crippen LogP contribution >= 0.6 is 11.3 Å². The topological polar surface area (TPSA) is 38.3 Å². The molecule has 2 rings (SSSR count). The highest BCUT2D eigenvalue weighted by Gasteiger charge is 2.31. The molecule has 1 aromatic heterocycles. The Morgan fingerprint density at radius 2 is 2.04 bits per heavy atom. The summed E-state index contributed by atoms with van der Waals surface area (Å²) in [5.74, 6) is -1.08. The van der Waals surface area contributed by atoms with E-state index in [9.17, 15) is 22.4 Å². The van der Waals surface area contributed by atoms with Crippen LogP contribution in [0.5, 0.6) is 5.75 Å². The van der Waals surface area contributed by atoms with Crippen molar-refractivity contribution in [3.05, 3.63) is 51.5 Å². The van der Waals surface area contributed by atoms with E-state index in [4.69, 9.17) is 4.74 Å². The van der Waals surface area contributed by atoms with E-state index in [-0.39, 0.29) is 12.1 Å². The molecule has 0 fully saturated rings. The Bertz CT molecular complexity index is 697. The maximum Gasteiger partial charge on any atom is 0.416 e. The lowest BCUT2D eigenvalue weighted by molar-refractivity contribution is -0.137. The summed E-state index contributed by atoms with van der Waals surface area (Å²) >= 11 is 1.15.